The molecule has 66 heavy (non-hydrogen) atoms. The first-order valence-electron chi connectivity index (χ1n) is 22.5. The summed E-state index contributed by atoms with van der Waals surface area (Å²) in [4.78, 5) is 5.58. The fourth-order valence-electron chi connectivity index (χ4n) is 10.5. The molecule has 4 heterocycles. The Bertz CT molecular complexity index is 3900. The molecule has 10 aromatic carbocycles. The SMILES string of the molecule is c1ccc(-n2c3ccccc3c3cc(-c4nc5c(-c6ccc(-n7c8ccccc8c8ccccc87)cc6)ccc(-c6ccc(-n7c8ccccc8c8ccccc87)cc6)c5s4)ccc32)cc1. The van der Waals surface area contributed by atoms with Crippen LogP contribution in [-0.4, -0.2) is 18.7 Å². The molecule has 0 unspecified atom stereocenters. The third-order valence-corrected chi connectivity index (χ3v) is 14.6. The Balaban J connectivity index is 0.931. The van der Waals surface area contributed by atoms with Crippen molar-refractivity contribution in [2.45, 2.75) is 0 Å². The third-order valence-electron chi connectivity index (χ3n) is 13.5. The molecule has 0 radical (unpaired) electrons. The van der Waals surface area contributed by atoms with Crippen LogP contribution >= 0.6 is 11.3 Å². The molecule has 14 aromatic rings. The van der Waals surface area contributed by atoms with Crippen molar-refractivity contribution in [1.29, 1.82) is 0 Å². The molecule has 0 saturated carbocycles. The third kappa shape index (κ3) is 5.54. The molecule has 0 fully saturated rings. The highest BCUT2D eigenvalue weighted by atomic mass is 32.1. The highest BCUT2D eigenvalue weighted by molar-refractivity contribution is 7.22. The van der Waals surface area contributed by atoms with Crippen molar-refractivity contribution in [2.75, 3.05) is 0 Å². The molecule has 4 aromatic heterocycles. The summed E-state index contributed by atoms with van der Waals surface area (Å²) in [6, 6.07) is 83.7. The highest BCUT2D eigenvalue weighted by Gasteiger charge is 2.20. The van der Waals surface area contributed by atoms with Crippen molar-refractivity contribution >= 4 is 87.0 Å². The van der Waals surface area contributed by atoms with E-state index in [-0.39, 0.29) is 0 Å². The molecule has 308 valence electrons. The van der Waals surface area contributed by atoms with Gasteiger partial charge in [-0.15, -0.1) is 11.3 Å². The summed E-state index contributed by atoms with van der Waals surface area (Å²) in [5, 5.41) is 8.49. The largest absolute Gasteiger partial charge is 0.309 e. The van der Waals surface area contributed by atoms with Crippen molar-refractivity contribution in [2.24, 2.45) is 0 Å². The smallest absolute Gasteiger partial charge is 0.124 e. The van der Waals surface area contributed by atoms with Gasteiger partial charge in [0, 0.05) is 66.1 Å². The topological polar surface area (TPSA) is 27.7 Å². The summed E-state index contributed by atoms with van der Waals surface area (Å²) in [5.41, 5.74) is 17.3. The summed E-state index contributed by atoms with van der Waals surface area (Å²) >= 11 is 1.78. The van der Waals surface area contributed by atoms with Crippen molar-refractivity contribution in [1.82, 2.24) is 18.7 Å². The zero-order valence-electron chi connectivity index (χ0n) is 35.6. The van der Waals surface area contributed by atoms with Crippen LogP contribution in [0.2, 0.25) is 0 Å². The zero-order chi connectivity index (χ0) is 43.3. The van der Waals surface area contributed by atoms with E-state index in [4.69, 9.17) is 4.98 Å². The predicted molar refractivity (Wildman–Crippen MR) is 279 cm³/mol. The minimum absolute atomic E-state index is 1.00. The number of aromatic nitrogens is 4. The molecule has 0 amide bonds. The minimum atomic E-state index is 1.00. The number of thiazole rings is 1. The fourth-order valence-corrected chi connectivity index (χ4v) is 11.7. The standard InChI is InChI=1S/C61H38N4S/c1-2-14-42(15-3-1)63-57-25-13-8-20-51(57)52-38-41(30-37-58(52)63)61-62-59-45(39-26-31-43(32-27-39)64-53-21-9-4-16-47(53)48-17-5-10-22-54(48)64)35-36-46(60(59)66-61)40-28-33-44(34-29-40)65-55-23-11-6-18-49(55)50-19-7-12-24-56(50)65/h1-38H. The van der Waals surface area contributed by atoms with Gasteiger partial charge in [0.2, 0.25) is 0 Å². The van der Waals surface area contributed by atoms with E-state index < -0.39 is 0 Å². The summed E-state index contributed by atoms with van der Waals surface area (Å²) in [5.74, 6) is 0. The summed E-state index contributed by atoms with van der Waals surface area (Å²) in [6.07, 6.45) is 0. The van der Waals surface area contributed by atoms with Crippen LogP contribution in [0.4, 0.5) is 0 Å². The van der Waals surface area contributed by atoms with Gasteiger partial charge < -0.3 is 13.7 Å². The van der Waals surface area contributed by atoms with Gasteiger partial charge in [-0.2, -0.15) is 0 Å². The second-order valence-corrected chi connectivity index (χ2v) is 18.1. The van der Waals surface area contributed by atoms with Crippen LogP contribution in [0.3, 0.4) is 0 Å². The number of rotatable bonds is 6. The van der Waals surface area contributed by atoms with Gasteiger partial charge >= 0.3 is 0 Å². The molecule has 0 saturated heterocycles. The van der Waals surface area contributed by atoms with Gasteiger partial charge in [0.15, 0.2) is 0 Å². The molecule has 4 nitrogen and oxygen atoms in total. The number of fused-ring (bicyclic) bond motifs is 10. The maximum absolute atomic E-state index is 5.58. The predicted octanol–water partition coefficient (Wildman–Crippen LogP) is 16.6. The minimum Gasteiger partial charge on any atom is -0.309 e. The van der Waals surface area contributed by atoms with Gasteiger partial charge in [0.05, 0.1) is 43.3 Å². The van der Waals surface area contributed by atoms with Gasteiger partial charge in [0.25, 0.3) is 0 Å². The van der Waals surface area contributed by atoms with E-state index in [1.165, 1.54) is 75.7 Å². The van der Waals surface area contributed by atoms with Crippen LogP contribution in [0, 0.1) is 0 Å². The molecule has 14 rings (SSSR count). The number of hydrogen-bond acceptors (Lipinski definition) is 2. The fraction of sp³-hybridized carbons (Fsp3) is 0. The summed E-state index contributed by atoms with van der Waals surface area (Å²) in [6.45, 7) is 0. The maximum atomic E-state index is 5.58. The quantitative estimate of drug-likeness (QED) is 0.164. The van der Waals surface area contributed by atoms with Gasteiger partial charge in [-0.1, -0.05) is 146 Å². The van der Waals surface area contributed by atoms with Gasteiger partial charge in [0.1, 0.15) is 5.01 Å². The average Bonchev–Trinajstić information content (AvgIpc) is 4.15. The first-order valence-corrected chi connectivity index (χ1v) is 23.3. The number of benzene rings is 10. The van der Waals surface area contributed by atoms with Gasteiger partial charge in [-0.05, 0) is 96.1 Å². The van der Waals surface area contributed by atoms with Crippen LogP contribution in [0.5, 0.6) is 0 Å². The molecule has 0 aliphatic heterocycles. The van der Waals surface area contributed by atoms with E-state index in [1.54, 1.807) is 11.3 Å². The lowest BCUT2D eigenvalue weighted by molar-refractivity contribution is 1.18. The van der Waals surface area contributed by atoms with Crippen LogP contribution < -0.4 is 0 Å². The molecule has 0 spiro atoms. The van der Waals surface area contributed by atoms with Crippen molar-refractivity contribution in [3.63, 3.8) is 0 Å². The molecule has 0 aliphatic carbocycles. The van der Waals surface area contributed by atoms with Crippen LogP contribution in [-0.2, 0) is 0 Å². The van der Waals surface area contributed by atoms with E-state index in [1.807, 2.05) is 0 Å². The van der Waals surface area contributed by atoms with Crippen molar-refractivity contribution in [3.05, 3.63) is 231 Å². The zero-order valence-corrected chi connectivity index (χ0v) is 36.5. The molecular formula is C61H38N4S. The number of para-hydroxylation sites is 6. The lowest BCUT2D eigenvalue weighted by atomic mass is 9.98. The van der Waals surface area contributed by atoms with E-state index in [0.29, 0.717) is 0 Å². The van der Waals surface area contributed by atoms with Crippen molar-refractivity contribution < 1.29 is 0 Å². The van der Waals surface area contributed by atoms with E-state index in [2.05, 4.69) is 244 Å². The average molecular weight is 859 g/mol. The lowest BCUT2D eigenvalue weighted by Gasteiger charge is -2.12. The normalized spacial score (nSPS) is 11.9. The highest BCUT2D eigenvalue weighted by Crippen LogP contribution is 2.44. The second-order valence-electron chi connectivity index (χ2n) is 17.1. The van der Waals surface area contributed by atoms with Crippen LogP contribution in [0.15, 0.2) is 231 Å². The molecule has 0 N–H and O–H groups in total. The van der Waals surface area contributed by atoms with Gasteiger partial charge in [-0.25, -0.2) is 4.98 Å². The Morgan fingerprint density at radius 3 is 1.14 bits per heavy atom. The second kappa shape index (κ2) is 14.5. The summed E-state index contributed by atoms with van der Waals surface area (Å²) < 4.78 is 8.30. The van der Waals surface area contributed by atoms with E-state index >= 15 is 0 Å². The van der Waals surface area contributed by atoms with Crippen molar-refractivity contribution in [3.8, 4) is 49.9 Å². The Hall–Kier alpha value is -8.51. The number of nitrogens with zero attached hydrogens (tertiary/aromatic N) is 4. The van der Waals surface area contributed by atoms with E-state index in [9.17, 15) is 0 Å². The van der Waals surface area contributed by atoms with Crippen LogP contribution in [0.25, 0.3) is 126 Å². The van der Waals surface area contributed by atoms with Crippen LogP contribution in [0.1, 0.15) is 0 Å². The molecular weight excluding hydrogens is 821 g/mol. The van der Waals surface area contributed by atoms with E-state index in [0.717, 1.165) is 49.8 Å². The summed E-state index contributed by atoms with van der Waals surface area (Å²) in [7, 11) is 0. The number of hydrogen-bond donors (Lipinski definition) is 0. The maximum Gasteiger partial charge on any atom is 0.124 e. The van der Waals surface area contributed by atoms with Gasteiger partial charge in [-0.3, -0.25) is 0 Å². The Morgan fingerprint density at radius 1 is 0.288 bits per heavy atom. The first kappa shape index (κ1) is 36.9. The molecule has 0 aliphatic rings. The molecule has 0 bridgehead atoms. The molecule has 0 atom stereocenters. The lowest BCUT2D eigenvalue weighted by Crippen LogP contribution is -1.94. The monoisotopic (exact) mass is 858 g/mol. The Kier molecular flexibility index (Phi) is 8.12. The Morgan fingerprint density at radius 2 is 0.652 bits per heavy atom. The molecule has 5 heteroatoms. The Labute approximate surface area is 384 Å². The first-order chi connectivity index (χ1) is 32.7.